The number of para-hydroxylation sites is 1. The van der Waals surface area contributed by atoms with Crippen molar-refractivity contribution in [3.05, 3.63) is 29.8 Å². The van der Waals surface area contributed by atoms with Crippen LogP contribution in [0.1, 0.15) is 18.4 Å². The number of sulfonamides is 1. The summed E-state index contributed by atoms with van der Waals surface area (Å²) < 4.78 is 31.8. The van der Waals surface area contributed by atoms with Crippen molar-refractivity contribution in [2.45, 2.75) is 24.7 Å². The van der Waals surface area contributed by atoms with E-state index in [1.54, 1.807) is 24.3 Å². The lowest BCUT2D eigenvalue weighted by molar-refractivity contribution is 0.00317. The van der Waals surface area contributed by atoms with Crippen molar-refractivity contribution in [1.82, 2.24) is 4.31 Å². The molecular weight excluding hydrogens is 292 g/mol. The quantitative estimate of drug-likeness (QED) is 0.749. The Morgan fingerprint density at radius 2 is 1.95 bits per heavy atom. The minimum atomic E-state index is -3.35. The highest BCUT2D eigenvalue weighted by Gasteiger charge is 2.28. The molecule has 0 unspecified atom stereocenters. The molecule has 118 valence electrons. The van der Waals surface area contributed by atoms with Crippen molar-refractivity contribution in [3.63, 3.8) is 0 Å². The van der Waals surface area contributed by atoms with Crippen LogP contribution >= 0.6 is 0 Å². The summed E-state index contributed by atoms with van der Waals surface area (Å²) in [4.78, 5) is 0. The Morgan fingerprint density at radius 3 is 2.57 bits per heavy atom. The molecule has 1 aromatic carbocycles. The fourth-order valence-corrected chi connectivity index (χ4v) is 4.06. The molecule has 0 spiro atoms. The molecule has 0 saturated carbocycles. The van der Waals surface area contributed by atoms with Gasteiger partial charge in [-0.15, -0.1) is 0 Å². The van der Waals surface area contributed by atoms with Crippen molar-refractivity contribution < 1.29 is 18.3 Å². The summed E-state index contributed by atoms with van der Waals surface area (Å²) in [5, 5.41) is 8.73. The molecule has 1 heterocycles. The SMILES string of the molecule is Nc1ccccc1CS(=O)(=O)N1CCC(OCCO)CC1. The van der Waals surface area contributed by atoms with Gasteiger partial charge in [0.2, 0.25) is 10.0 Å². The van der Waals surface area contributed by atoms with Gasteiger partial charge in [0, 0.05) is 18.8 Å². The Labute approximate surface area is 125 Å². The average molecular weight is 314 g/mol. The molecule has 21 heavy (non-hydrogen) atoms. The van der Waals surface area contributed by atoms with Gasteiger partial charge in [0.05, 0.1) is 25.1 Å². The number of aliphatic hydroxyl groups is 1. The fraction of sp³-hybridized carbons (Fsp3) is 0.571. The standard InChI is InChI=1S/C14H22N2O4S/c15-14-4-2-1-3-12(14)11-21(18,19)16-7-5-13(6-8-16)20-10-9-17/h1-4,13,17H,5-11,15H2. The van der Waals surface area contributed by atoms with Gasteiger partial charge >= 0.3 is 0 Å². The van der Waals surface area contributed by atoms with Crippen LogP contribution < -0.4 is 5.73 Å². The Morgan fingerprint density at radius 1 is 1.29 bits per heavy atom. The number of anilines is 1. The van der Waals surface area contributed by atoms with Gasteiger partial charge in [-0.2, -0.15) is 0 Å². The summed E-state index contributed by atoms with van der Waals surface area (Å²) in [5.41, 5.74) is 6.94. The molecule has 1 aromatic rings. The third-order valence-electron chi connectivity index (χ3n) is 3.63. The van der Waals surface area contributed by atoms with E-state index in [-0.39, 0.29) is 18.5 Å². The van der Waals surface area contributed by atoms with E-state index in [9.17, 15) is 8.42 Å². The smallest absolute Gasteiger partial charge is 0.218 e. The number of nitrogens with two attached hydrogens (primary N) is 1. The van der Waals surface area contributed by atoms with Crippen LogP contribution in [-0.4, -0.2) is 50.2 Å². The van der Waals surface area contributed by atoms with Crippen LogP contribution in [-0.2, 0) is 20.5 Å². The predicted octanol–water partition coefficient (Wildman–Crippen LogP) is 0.572. The molecule has 7 heteroatoms. The largest absolute Gasteiger partial charge is 0.398 e. The minimum absolute atomic E-state index is 0.00814. The summed E-state index contributed by atoms with van der Waals surface area (Å²) in [6.45, 7) is 1.19. The molecule has 0 radical (unpaired) electrons. The average Bonchev–Trinajstić information content (AvgIpc) is 2.48. The summed E-state index contributed by atoms with van der Waals surface area (Å²) in [6.07, 6.45) is 1.35. The summed E-state index contributed by atoms with van der Waals surface area (Å²) in [6, 6.07) is 7.02. The van der Waals surface area contributed by atoms with Crippen LogP contribution in [0.5, 0.6) is 0 Å². The number of piperidine rings is 1. The number of nitrogens with zero attached hydrogens (tertiary/aromatic N) is 1. The highest BCUT2D eigenvalue weighted by atomic mass is 32.2. The second-order valence-corrected chi connectivity index (χ2v) is 7.12. The normalized spacial score (nSPS) is 18.0. The van der Waals surface area contributed by atoms with Crippen LogP contribution in [0.4, 0.5) is 5.69 Å². The molecule has 1 aliphatic rings. The lowest BCUT2D eigenvalue weighted by atomic mass is 10.1. The van der Waals surface area contributed by atoms with E-state index in [0.717, 1.165) is 0 Å². The molecule has 0 bridgehead atoms. The number of nitrogen functional groups attached to an aromatic ring is 1. The Hall–Kier alpha value is -1.15. The van der Waals surface area contributed by atoms with Crippen LogP contribution in [0.3, 0.4) is 0 Å². The van der Waals surface area contributed by atoms with Crippen molar-refractivity contribution in [2.75, 3.05) is 32.0 Å². The van der Waals surface area contributed by atoms with Gasteiger partial charge in [0.25, 0.3) is 0 Å². The first kappa shape index (κ1) is 16.2. The zero-order chi connectivity index (χ0) is 15.3. The molecule has 2 rings (SSSR count). The summed E-state index contributed by atoms with van der Waals surface area (Å²) in [7, 11) is -3.35. The number of hydrogen-bond acceptors (Lipinski definition) is 5. The lowest BCUT2D eigenvalue weighted by Gasteiger charge is -2.31. The molecule has 1 aliphatic heterocycles. The topological polar surface area (TPSA) is 92.9 Å². The maximum Gasteiger partial charge on any atom is 0.218 e. The molecule has 1 fully saturated rings. The van der Waals surface area contributed by atoms with Gasteiger partial charge in [-0.25, -0.2) is 12.7 Å². The van der Waals surface area contributed by atoms with Crippen molar-refractivity contribution >= 4 is 15.7 Å². The van der Waals surface area contributed by atoms with Crippen LogP contribution in [0.15, 0.2) is 24.3 Å². The van der Waals surface area contributed by atoms with E-state index >= 15 is 0 Å². The van der Waals surface area contributed by atoms with E-state index < -0.39 is 10.0 Å². The first-order chi connectivity index (χ1) is 10.0. The predicted molar refractivity (Wildman–Crippen MR) is 81.1 cm³/mol. The van der Waals surface area contributed by atoms with E-state index in [4.69, 9.17) is 15.6 Å². The third kappa shape index (κ3) is 4.41. The number of rotatable bonds is 6. The zero-order valence-corrected chi connectivity index (χ0v) is 12.8. The second kappa shape index (κ2) is 7.22. The van der Waals surface area contributed by atoms with E-state index in [1.807, 2.05) is 0 Å². The van der Waals surface area contributed by atoms with Gasteiger partial charge in [-0.05, 0) is 24.5 Å². The molecule has 1 saturated heterocycles. The summed E-state index contributed by atoms with van der Waals surface area (Å²) in [5.74, 6) is -0.0676. The Kier molecular flexibility index (Phi) is 5.58. The first-order valence-corrected chi connectivity index (χ1v) is 8.67. The highest BCUT2D eigenvalue weighted by Crippen LogP contribution is 2.21. The van der Waals surface area contributed by atoms with Crippen molar-refractivity contribution in [3.8, 4) is 0 Å². The van der Waals surface area contributed by atoms with Crippen LogP contribution in [0.2, 0.25) is 0 Å². The Bertz CT molecular complexity index is 554. The number of aliphatic hydroxyl groups excluding tert-OH is 1. The number of benzene rings is 1. The van der Waals surface area contributed by atoms with Crippen LogP contribution in [0.25, 0.3) is 0 Å². The number of ether oxygens (including phenoxy) is 1. The van der Waals surface area contributed by atoms with Crippen molar-refractivity contribution in [1.29, 1.82) is 0 Å². The third-order valence-corrected chi connectivity index (χ3v) is 5.46. The molecule has 0 atom stereocenters. The van der Waals surface area contributed by atoms with Gasteiger partial charge in [0.15, 0.2) is 0 Å². The monoisotopic (exact) mass is 314 g/mol. The molecule has 3 N–H and O–H groups in total. The molecule has 0 aliphatic carbocycles. The van der Waals surface area contributed by atoms with Gasteiger partial charge in [-0.3, -0.25) is 0 Å². The molecular formula is C14H22N2O4S. The fourth-order valence-electron chi connectivity index (χ4n) is 2.45. The zero-order valence-electron chi connectivity index (χ0n) is 11.9. The van der Waals surface area contributed by atoms with Crippen LogP contribution in [0, 0.1) is 0 Å². The van der Waals surface area contributed by atoms with Gasteiger partial charge in [0.1, 0.15) is 0 Å². The van der Waals surface area contributed by atoms with Crippen molar-refractivity contribution in [2.24, 2.45) is 0 Å². The molecule has 6 nitrogen and oxygen atoms in total. The maximum atomic E-state index is 12.4. The summed E-state index contributed by atoms with van der Waals surface area (Å²) >= 11 is 0. The molecule has 0 aromatic heterocycles. The van der Waals surface area contributed by atoms with E-state index in [2.05, 4.69) is 0 Å². The first-order valence-electron chi connectivity index (χ1n) is 7.06. The van der Waals surface area contributed by atoms with Gasteiger partial charge in [-0.1, -0.05) is 18.2 Å². The maximum absolute atomic E-state index is 12.4. The minimum Gasteiger partial charge on any atom is -0.398 e. The number of hydrogen-bond donors (Lipinski definition) is 2. The van der Waals surface area contributed by atoms with Gasteiger partial charge < -0.3 is 15.6 Å². The highest BCUT2D eigenvalue weighted by molar-refractivity contribution is 7.88. The molecule has 0 amide bonds. The van der Waals surface area contributed by atoms with E-state index in [0.29, 0.717) is 43.8 Å². The van der Waals surface area contributed by atoms with E-state index in [1.165, 1.54) is 4.31 Å². The Balaban J connectivity index is 1.94. The second-order valence-electron chi connectivity index (χ2n) is 5.15. The lowest BCUT2D eigenvalue weighted by Crippen LogP contribution is -2.41.